The van der Waals surface area contributed by atoms with Crippen LogP contribution in [0.4, 0.5) is 23.7 Å². The van der Waals surface area contributed by atoms with E-state index in [-0.39, 0.29) is 17.8 Å². The van der Waals surface area contributed by atoms with E-state index in [2.05, 4.69) is 5.32 Å². The summed E-state index contributed by atoms with van der Waals surface area (Å²) >= 11 is 0. The smallest absolute Gasteiger partial charge is 0.315 e. The van der Waals surface area contributed by atoms with Gasteiger partial charge in [0.25, 0.3) is 5.56 Å². The molecule has 0 spiro atoms. The number of fused-ring (bicyclic) bond motifs is 1. The molecule has 1 aromatic heterocycles. The Kier molecular flexibility index (Phi) is 8.38. The minimum Gasteiger partial charge on any atom is -0.315 e. The average molecular weight is 537 g/mol. The van der Waals surface area contributed by atoms with Gasteiger partial charge in [0.1, 0.15) is 5.82 Å². The van der Waals surface area contributed by atoms with Gasteiger partial charge in [-0.05, 0) is 55.7 Å². The fourth-order valence-electron chi connectivity index (χ4n) is 4.66. The Morgan fingerprint density at radius 3 is 2.38 bits per heavy atom. The molecule has 3 aromatic carbocycles. The van der Waals surface area contributed by atoms with Crippen molar-refractivity contribution in [1.29, 1.82) is 0 Å². The molecule has 1 unspecified atom stereocenters. The van der Waals surface area contributed by atoms with E-state index in [1.165, 1.54) is 27.7 Å². The van der Waals surface area contributed by atoms with E-state index in [4.69, 9.17) is 4.98 Å². The molecule has 4 aromatic rings. The molecule has 1 atom stereocenters. The third kappa shape index (κ3) is 5.82. The number of benzene rings is 3. The molecule has 1 heterocycles. The third-order valence-electron chi connectivity index (χ3n) is 6.74. The van der Waals surface area contributed by atoms with E-state index in [1.54, 1.807) is 31.2 Å². The number of amides is 2. The Balaban J connectivity index is 1.86. The van der Waals surface area contributed by atoms with E-state index < -0.39 is 23.8 Å². The minimum absolute atomic E-state index is 0.260. The summed E-state index contributed by atoms with van der Waals surface area (Å²) in [4.78, 5) is 33.7. The van der Waals surface area contributed by atoms with Gasteiger partial charge in [-0.3, -0.25) is 9.36 Å². The normalized spacial score (nSPS) is 12.4. The summed E-state index contributed by atoms with van der Waals surface area (Å²) < 4.78 is 42.4. The molecule has 2 amide bonds. The second-order valence-electron chi connectivity index (χ2n) is 9.31. The zero-order chi connectivity index (χ0) is 28.2. The summed E-state index contributed by atoms with van der Waals surface area (Å²) in [6.07, 6.45) is -2.60. The van der Waals surface area contributed by atoms with Crippen LogP contribution >= 0.6 is 0 Å². The molecule has 0 fully saturated rings. The zero-order valence-electron chi connectivity index (χ0n) is 22.1. The van der Waals surface area contributed by atoms with Crippen molar-refractivity contribution < 1.29 is 18.0 Å². The highest BCUT2D eigenvalue weighted by Crippen LogP contribution is 2.35. The number of urea groups is 1. The fraction of sp³-hybridized carbons (Fsp3) is 0.300. The van der Waals surface area contributed by atoms with Gasteiger partial charge in [-0.15, -0.1) is 0 Å². The van der Waals surface area contributed by atoms with Crippen LogP contribution in [0.5, 0.6) is 0 Å². The number of unbranched alkanes of at least 4 members (excludes halogenated alkanes) is 1. The van der Waals surface area contributed by atoms with Gasteiger partial charge >= 0.3 is 12.2 Å². The molecule has 0 radical (unpaired) electrons. The van der Waals surface area contributed by atoms with Crippen LogP contribution in [0.25, 0.3) is 16.6 Å². The number of anilines is 1. The molecule has 0 aliphatic heterocycles. The Hall–Kier alpha value is -4.14. The van der Waals surface area contributed by atoms with Crippen molar-refractivity contribution in [2.24, 2.45) is 0 Å². The highest BCUT2D eigenvalue weighted by molar-refractivity contribution is 5.90. The Labute approximate surface area is 225 Å². The van der Waals surface area contributed by atoms with Gasteiger partial charge in [0.2, 0.25) is 0 Å². The summed E-state index contributed by atoms with van der Waals surface area (Å²) in [5.41, 5.74) is 0.523. The Morgan fingerprint density at radius 1 is 1.00 bits per heavy atom. The number of hydrogen-bond donors (Lipinski definition) is 1. The van der Waals surface area contributed by atoms with Crippen LogP contribution in [-0.2, 0) is 12.6 Å². The first-order valence-corrected chi connectivity index (χ1v) is 13.0. The molecule has 0 aliphatic carbocycles. The number of hydrogen-bond acceptors (Lipinski definition) is 3. The highest BCUT2D eigenvalue weighted by Gasteiger charge is 2.34. The van der Waals surface area contributed by atoms with Crippen molar-refractivity contribution in [3.63, 3.8) is 0 Å². The quantitative estimate of drug-likeness (QED) is 0.256. The molecule has 9 heteroatoms. The van der Waals surface area contributed by atoms with Crippen LogP contribution in [0.15, 0.2) is 77.6 Å². The predicted molar refractivity (Wildman–Crippen MR) is 147 cm³/mol. The van der Waals surface area contributed by atoms with E-state index >= 15 is 0 Å². The van der Waals surface area contributed by atoms with Gasteiger partial charge < -0.3 is 10.2 Å². The van der Waals surface area contributed by atoms with Crippen molar-refractivity contribution in [3.05, 3.63) is 100 Å². The molecule has 0 saturated heterocycles. The summed E-state index contributed by atoms with van der Waals surface area (Å²) in [7, 11) is 0. The van der Waals surface area contributed by atoms with E-state index in [0.717, 1.165) is 18.1 Å². The zero-order valence-corrected chi connectivity index (χ0v) is 22.1. The highest BCUT2D eigenvalue weighted by atomic mass is 19.4. The SMILES string of the molecule is CCCCN(C(=O)Nc1ccccc1C(F)(F)F)C(C)c1nc2ccccc2c(=O)n1-c1ccccc1CC. The topological polar surface area (TPSA) is 67.2 Å². The lowest BCUT2D eigenvalue weighted by Gasteiger charge is -2.31. The molecule has 0 bridgehead atoms. The molecule has 4 rings (SSSR count). The molecular weight excluding hydrogens is 505 g/mol. The number of alkyl halides is 3. The number of carbonyl (C=O) groups is 1. The maximum Gasteiger partial charge on any atom is 0.418 e. The van der Waals surface area contributed by atoms with Crippen molar-refractivity contribution in [2.75, 3.05) is 11.9 Å². The molecule has 204 valence electrons. The van der Waals surface area contributed by atoms with E-state index in [0.29, 0.717) is 35.3 Å². The van der Waals surface area contributed by atoms with Gasteiger partial charge in [-0.1, -0.05) is 62.7 Å². The van der Waals surface area contributed by atoms with Gasteiger partial charge in [0.15, 0.2) is 0 Å². The molecule has 1 N–H and O–H groups in total. The summed E-state index contributed by atoms with van der Waals surface area (Å²) in [5, 5.41) is 2.90. The van der Waals surface area contributed by atoms with Gasteiger partial charge in [0.05, 0.1) is 33.9 Å². The van der Waals surface area contributed by atoms with Gasteiger partial charge in [0, 0.05) is 6.54 Å². The summed E-state index contributed by atoms with van der Waals surface area (Å²) in [6.45, 7) is 5.95. The number of para-hydroxylation sites is 3. The van der Waals surface area contributed by atoms with Crippen molar-refractivity contribution in [2.45, 2.75) is 52.3 Å². The predicted octanol–water partition coefficient (Wildman–Crippen LogP) is 7.36. The van der Waals surface area contributed by atoms with Crippen LogP contribution in [0, 0.1) is 0 Å². The first-order valence-electron chi connectivity index (χ1n) is 13.0. The molecule has 6 nitrogen and oxygen atoms in total. The lowest BCUT2D eigenvalue weighted by Crippen LogP contribution is -2.40. The van der Waals surface area contributed by atoms with Crippen molar-refractivity contribution in [3.8, 4) is 5.69 Å². The number of aryl methyl sites for hydroxylation is 1. The first kappa shape index (κ1) is 27.9. The molecule has 0 saturated carbocycles. The second kappa shape index (κ2) is 11.7. The monoisotopic (exact) mass is 536 g/mol. The van der Waals surface area contributed by atoms with Crippen LogP contribution in [-0.4, -0.2) is 27.0 Å². The largest absolute Gasteiger partial charge is 0.418 e. The molecule has 39 heavy (non-hydrogen) atoms. The van der Waals surface area contributed by atoms with Crippen molar-refractivity contribution >= 4 is 22.6 Å². The Morgan fingerprint density at radius 2 is 1.67 bits per heavy atom. The van der Waals surface area contributed by atoms with Gasteiger partial charge in [-0.2, -0.15) is 13.2 Å². The van der Waals surface area contributed by atoms with Crippen LogP contribution in [0.2, 0.25) is 0 Å². The van der Waals surface area contributed by atoms with Crippen LogP contribution in [0.3, 0.4) is 0 Å². The average Bonchev–Trinajstić information content (AvgIpc) is 2.93. The Bertz CT molecular complexity index is 1530. The number of nitrogens with zero attached hydrogens (tertiary/aromatic N) is 3. The standard InChI is InChI=1S/C30H31F3N4O2/c1-4-6-19-36(29(39)35-25-17-11-9-15-23(25)30(31,32)33)20(3)27-34-24-16-10-8-14-22(24)28(38)37(27)26-18-12-7-13-21(26)5-2/h7-18,20H,4-6,19H2,1-3H3,(H,35,39). The number of rotatable bonds is 8. The number of aromatic nitrogens is 2. The number of carbonyl (C=O) groups excluding carboxylic acids is 1. The second-order valence-corrected chi connectivity index (χ2v) is 9.31. The maximum absolute atomic E-state index is 13.9. The number of nitrogens with one attached hydrogen (secondary N) is 1. The third-order valence-corrected chi connectivity index (χ3v) is 6.74. The van der Waals surface area contributed by atoms with Crippen LogP contribution in [0.1, 0.15) is 56.6 Å². The molecular formula is C30H31F3N4O2. The maximum atomic E-state index is 13.9. The van der Waals surface area contributed by atoms with E-state index in [9.17, 15) is 22.8 Å². The van der Waals surface area contributed by atoms with Crippen LogP contribution < -0.4 is 10.9 Å². The lowest BCUT2D eigenvalue weighted by atomic mass is 10.1. The molecule has 0 aliphatic rings. The minimum atomic E-state index is -4.63. The van der Waals surface area contributed by atoms with Crippen molar-refractivity contribution in [1.82, 2.24) is 14.5 Å². The number of halogens is 3. The summed E-state index contributed by atoms with van der Waals surface area (Å²) in [6, 6.07) is 17.9. The lowest BCUT2D eigenvalue weighted by molar-refractivity contribution is -0.136. The first-order chi connectivity index (χ1) is 18.7. The fourth-order valence-corrected chi connectivity index (χ4v) is 4.66. The van der Waals surface area contributed by atoms with E-state index in [1.807, 2.05) is 38.1 Å². The van der Waals surface area contributed by atoms with Gasteiger partial charge in [-0.25, -0.2) is 9.78 Å². The summed E-state index contributed by atoms with van der Waals surface area (Å²) in [5.74, 6) is 0.329.